The highest BCUT2D eigenvalue weighted by atomic mass is 16.6. The highest BCUT2D eigenvalue weighted by Gasteiger charge is 2.35. The van der Waals surface area contributed by atoms with E-state index in [0.717, 1.165) is 22.3 Å². The number of aromatic hydroxyl groups is 1. The monoisotopic (exact) mass is 485 g/mol. The summed E-state index contributed by atoms with van der Waals surface area (Å²) in [5.74, 6) is 0.340. The second-order valence-electron chi connectivity index (χ2n) is 12.1. The summed E-state index contributed by atoms with van der Waals surface area (Å²) in [6, 6.07) is 8.45. The summed E-state index contributed by atoms with van der Waals surface area (Å²) in [6.45, 7) is 17.8. The molecule has 0 heterocycles. The molecule has 0 spiro atoms. The maximum atomic E-state index is 13.2. The lowest BCUT2D eigenvalue weighted by Gasteiger charge is -2.32. The average molecular weight is 486 g/mol. The minimum atomic E-state index is -0.988. The third-order valence-electron chi connectivity index (χ3n) is 5.91. The van der Waals surface area contributed by atoms with Gasteiger partial charge in [-0.05, 0) is 66.0 Å². The van der Waals surface area contributed by atoms with Gasteiger partial charge in [-0.25, -0.2) is 0 Å². The Hall–Kier alpha value is -2.73. The number of benzene rings is 2. The van der Waals surface area contributed by atoms with Gasteiger partial charge in [-0.2, -0.15) is 0 Å². The molecular formula is C29H43NO5. The quantitative estimate of drug-likeness (QED) is 0.502. The van der Waals surface area contributed by atoms with Crippen molar-refractivity contribution in [1.29, 1.82) is 0 Å². The molecule has 6 heteroatoms. The van der Waals surface area contributed by atoms with Gasteiger partial charge in [0.05, 0.1) is 14.2 Å². The number of carbonyl (C=O) groups is 1. The predicted molar refractivity (Wildman–Crippen MR) is 141 cm³/mol. The van der Waals surface area contributed by atoms with Crippen LogP contribution in [0.15, 0.2) is 30.3 Å². The van der Waals surface area contributed by atoms with E-state index < -0.39 is 23.5 Å². The Morgan fingerprint density at radius 1 is 0.800 bits per heavy atom. The molecule has 0 saturated carbocycles. The van der Waals surface area contributed by atoms with Crippen molar-refractivity contribution in [2.75, 3.05) is 14.2 Å². The molecule has 2 unspecified atom stereocenters. The molecular weight excluding hydrogens is 442 g/mol. The lowest BCUT2D eigenvalue weighted by atomic mass is 9.75. The summed E-state index contributed by atoms with van der Waals surface area (Å²) in [6.07, 6.45) is 0. The molecule has 35 heavy (non-hydrogen) atoms. The number of phenols is 1. The van der Waals surface area contributed by atoms with E-state index in [1.165, 1.54) is 0 Å². The molecule has 0 aliphatic heterocycles. The van der Waals surface area contributed by atoms with Crippen LogP contribution in [0.3, 0.4) is 0 Å². The van der Waals surface area contributed by atoms with Crippen LogP contribution in [0.5, 0.6) is 17.2 Å². The number of esters is 1. The molecule has 0 radical (unpaired) electrons. The van der Waals surface area contributed by atoms with Crippen LogP contribution in [0.25, 0.3) is 0 Å². The number of carbonyl (C=O) groups excluding carboxylic acids is 1. The minimum absolute atomic E-state index is 0.269. The molecule has 0 saturated heterocycles. The van der Waals surface area contributed by atoms with E-state index in [2.05, 4.69) is 41.5 Å². The zero-order valence-electron chi connectivity index (χ0n) is 23.2. The third-order valence-corrected chi connectivity index (χ3v) is 5.91. The number of rotatable bonds is 6. The Morgan fingerprint density at radius 2 is 1.29 bits per heavy atom. The Bertz CT molecular complexity index is 1020. The van der Waals surface area contributed by atoms with Gasteiger partial charge in [0.2, 0.25) is 0 Å². The van der Waals surface area contributed by atoms with Gasteiger partial charge in [-0.3, -0.25) is 4.79 Å². The summed E-state index contributed by atoms with van der Waals surface area (Å²) in [5.41, 5.74) is 8.48. The van der Waals surface area contributed by atoms with E-state index in [9.17, 15) is 9.90 Å². The first-order chi connectivity index (χ1) is 15.9. The lowest BCUT2D eigenvalue weighted by Crippen LogP contribution is -2.42. The fourth-order valence-corrected chi connectivity index (χ4v) is 4.14. The number of ether oxygens (including phenoxy) is 3. The number of phenolic OH excluding ortho intramolecular Hbond substituents is 1. The van der Waals surface area contributed by atoms with Gasteiger partial charge in [0, 0.05) is 5.92 Å². The standard InChI is InChI=1S/C29H43NO5/c1-27(2,3)19-14-18(15-20(25(19)31)28(4,5)6)23(24(30)26(32)35-29(7,8)9)17-12-13-21(33-10)22(16-17)34-11/h12-16,23-24,31H,30H2,1-11H3. The minimum Gasteiger partial charge on any atom is -0.507 e. The Morgan fingerprint density at radius 3 is 1.69 bits per heavy atom. The fourth-order valence-electron chi connectivity index (χ4n) is 4.14. The van der Waals surface area contributed by atoms with Gasteiger partial charge in [-0.1, -0.05) is 59.7 Å². The van der Waals surface area contributed by atoms with Crippen molar-refractivity contribution >= 4 is 5.97 Å². The van der Waals surface area contributed by atoms with Crippen LogP contribution in [-0.2, 0) is 20.4 Å². The van der Waals surface area contributed by atoms with Crippen molar-refractivity contribution in [2.45, 2.75) is 90.7 Å². The second kappa shape index (κ2) is 10.1. The zero-order valence-corrected chi connectivity index (χ0v) is 23.2. The molecule has 0 fully saturated rings. The van der Waals surface area contributed by atoms with Gasteiger partial charge >= 0.3 is 5.97 Å². The van der Waals surface area contributed by atoms with Crippen LogP contribution in [0.2, 0.25) is 0 Å². The molecule has 0 aromatic heterocycles. The number of methoxy groups -OCH3 is 2. The van der Waals surface area contributed by atoms with Gasteiger partial charge in [0.15, 0.2) is 11.5 Å². The highest BCUT2D eigenvalue weighted by molar-refractivity contribution is 5.78. The van der Waals surface area contributed by atoms with Crippen molar-refractivity contribution in [1.82, 2.24) is 0 Å². The SMILES string of the molecule is COc1ccc(C(c2cc(C(C)(C)C)c(O)c(C(C)(C)C)c2)C(N)C(=O)OC(C)(C)C)cc1OC. The van der Waals surface area contributed by atoms with Crippen LogP contribution in [-0.4, -0.2) is 36.9 Å². The number of hydrogen-bond donors (Lipinski definition) is 2. The molecule has 0 bridgehead atoms. The summed E-state index contributed by atoms with van der Waals surface area (Å²) >= 11 is 0. The van der Waals surface area contributed by atoms with Crippen LogP contribution < -0.4 is 15.2 Å². The first-order valence-electron chi connectivity index (χ1n) is 12.0. The summed E-state index contributed by atoms with van der Waals surface area (Å²) < 4.78 is 16.6. The van der Waals surface area contributed by atoms with Crippen LogP contribution in [0, 0.1) is 0 Å². The summed E-state index contributed by atoms with van der Waals surface area (Å²) in [7, 11) is 3.15. The largest absolute Gasteiger partial charge is 0.507 e. The maximum absolute atomic E-state index is 13.2. The topological polar surface area (TPSA) is 91.0 Å². The maximum Gasteiger partial charge on any atom is 0.324 e. The molecule has 0 amide bonds. The first-order valence-corrected chi connectivity index (χ1v) is 12.0. The van der Waals surface area contributed by atoms with E-state index in [4.69, 9.17) is 19.9 Å². The predicted octanol–water partition coefficient (Wildman–Crippen LogP) is 5.81. The van der Waals surface area contributed by atoms with Crippen LogP contribution >= 0.6 is 0 Å². The van der Waals surface area contributed by atoms with Crippen molar-refractivity contribution in [3.8, 4) is 17.2 Å². The third kappa shape index (κ3) is 6.69. The molecule has 2 aromatic carbocycles. The smallest absolute Gasteiger partial charge is 0.324 e. The molecule has 2 aromatic rings. The summed E-state index contributed by atoms with van der Waals surface area (Å²) in [5, 5.41) is 11.2. The van der Waals surface area contributed by atoms with Crippen molar-refractivity contribution in [3.05, 3.63) is 52.6 Å². The van der Waals surface area contributed by atoms with Crippen molar-refractivity contribution in [3.63, 3.8) is 0 Å². The molecule has 2 rings (SSSR count). The molecule has 0 aliphatic rings. The molecule has 0 aliphatic carbocycles. The van der Waals surface area contributed by atoms with Gasteiger partial charge in [0.1, 0.15) is 17.4 Å². The number of nitrogens with two attached hydrogens (primary N) is 1. The fraction of sp³-hybridized carbons (Fsp3) is 0.552. The average Bonchev–Trinajstić information content (AvgIpc) is 2.71. The van der Waals surface area contributed by atoms with Gasteiger partial charge in [-0.15, -0.1) is 0 Å². The van der Waals surface area contributed by atoms with Crippen molar-refractivity contribution < 1.29 is 24.1 Å². The van der Waals surface area contributed by atoms with E-state index in [1.807, 2.05) is 45.0 Å². The van der Waals surface area contributed by atoms with E-state index >= 15 is 0 Å². The lowest BCUT2D eigenvalue weighted by molar-refractivity contribution is -0.156. The molecule has 194 valence electrons. The number of hydrogen-bond acceptors (Lipinski definition) is 6. The summed E-state index contributed by atoms with van der Waals surface area (Å²) in [4.78, 5) is 13.2. The highest BCUT2D eigenvalue weighted by Crippen LogP contribution is 2.43. The Balaban J connectivity index is 2.86. The molecule has 3 N–H and O–H groups in total. The Kier molecular flexibility index (Phi) is 8.22. The van der Waals surface area contributed by atoms with Gasteiger partial charge < -0.3 is 25.1 Å². The Labute approximate surface area is 210 Å². The van der Waals surface area contributed by atoms with E-state index in [0.29, 0.717) is 11.5 Å². The normalized spacial score (nSPS) is 14.3. The van der Waals surface area contributed by atoms with Crippen molar-refractivity contribution in [2.24, 2.45) is 5.73 Å². The van der Waals surface area contributed by atoms with Gasteiger partial charge in [0.25, 0.3) is 0 Å². The van der Waals surface area contributed by atoms with E-state index in [-0.39, 0.29) is 16.6 Å². The zero-order chi connectivity index (χ0) is 26.9. The van der Waals surface area contributed by atoms with Crippen LogP contribution in [0.1, 0.15) is 90.5 Å². The molecule has 2 atom stereocenters. The first kappa shape index (κ1) is 28.5. The molecule has 6 nitrogen and oxygen atoms in total. The second-order valence-corrected chi connectivity index (χ2v) is 12.1. The van der Waals surface area contributed by atoms with E-state index in [1.54, 1.807) is 20.3 Å². The van der Waals surface area contributed by atoms with Crippen LogP contribution in [0.4, 0.5) is 0 Å².